The van der Waals surface area contributed by atoms with E-state index in [9.17, 15) is 0 Å². The van der Waals surface area contributed by atoms with Gasteiger partial charge in [0.25, 0.3) is 0 Å². The molecule has 1 atom stereocenters. The average Bonchev–Trinajstić information content (AvgIpc) is 3.26. The van der Waals surface area contributed by atoms with Crippen LogP contribution in [0.3, 0.4) is 0 Å². The molecule has 1 unspecified atom stereocenters. The van der Waals surface area contributed by atoms with Gasteiger partial charge < -0.3 is 10.5 Å². The van der Waals surface area contributed by atoms with Gasteiger partial charge in [-0.2, -0.15) is 0 Å². The van der Waals surface area contributed by atoms with Crippen molar-refractivity contribution in [1.29, 1.82) is 0 Å². The van der Waals surface area contributed by atoms with Gasteiger partial charge in [-0.1, -0.05) is 26.0 Å². The lowest BCUT2D eigenvalue weighted by Gasteiger charge is -2.17. The molecular formula is C17H27NO. The van der Waals surface area contributed by atoms with Crippen LogP contribution in [0.2, 0.25) is 0 Å². The Kier molecular flexibility index (Phi) is 5.26. The summed E-state index contributed by atoms with van der Waals surface area (Å²) in [4.78, 5) is 0. The molecule has 0 aromatic heterocycles. The molecule has 0 spiro atoms. The van der Waals surface area contributed by atoms with Crippen LogP contribution >= 0.6 is 0 Å². The number of ether oxygens (including phenoxy) is 1. The lowest BCUT2D eigenvalue weighted by atomic mass is 9.94. The Morgan fingerprint density at radius 3 is 2.79 bits per heavy atom. The number of nitrogens with two attached hydrogens (primary N) is 1. The molecule has 1 aliphatic rings. The largest absolute Gasteiger partial charge is 0.493 e. The number of aryl methyl sites for hydroxylation is 1. The molecule has 1 fully saturated rings. The van der Waals surface area contributed by atoms with E-state index in [-0.39, 0.29) is 0 Å². The van der Waals surface area contributed by atoms with Gasteiger partial charge in [-0.25, -0.2) is 0 Å². The molecule has 0 aliphatic heterocycles. The Bertz CT molecular complexity index is 398. The summed E-state index contributed by atoms with van der Waals surface area (Å²) >= 11 is 0. The van der Waals surface area contributed by atoms with Gasteiger partial charge in [0.1, 0.15) is 5.75 Å². The van der Waals surface area contributed by atoms with Crippen molar-refractivity contribution in [3.05, 3.63) is 29.3 Å². The van der Waals surface area contributed by atoms with E-state index in [0.29, 0.717) is 5.92 Å². The van der Waals surface area contributed by atoms with Crippen molar-refractivity contribution in [2.24, 2.45) is 11.7 Å². The summed E-state index contributed by atoms with van der Waals surface area (Å²) in [6, 6.07) is 6.69. The zero-order chi connectivity index (χ0) is 13.7. The van der Waals surface area contributed by atoms with Crippen molar-refractivity contribution in [3.8, 4) is 5.75 Å². The number of hydrogen-bond donors (Lipinski definition) is 1. The Labute approximate surface area is 117 Å². The summed E-state index contributed by atoms with van der Waals surface area (Å²) in [6.07, 6.45) is 5.96. The maximum absolute atomic E-state index is 6.02. The van der Waals surface area contributed by atoms with Gasteiger partial charge in [-0.15, -0.1) is 0 Å². The molecule has 0 bridgehead atoms. The molecule has 2 N–H and O–H groups in total. The van der Waals surface area contributed by atoms with Gasteiger partial charge in [-0.3, -0.25) is 0 Å². The second kappa shape index (κ2) is 6.95. The lowest BCUT2D eigenvalue weighted by molar-refractivity contribution is 0.295. The highest BCUT2D eigenvalue weighted by Crippen LogP contribution is 2.33. The summed E-state index contributed by atoms with van der Waals surface area (Å²) in [6.45, 7) is 6.18. The third kappa shape index (κ3) is 4.24. The summed E-state index contributed by atoms with van der Waals surface area (Å²) in [7, 11) is 0. The average molecular weight is 261 g/mol. The highest BCUT2D eigenvalue weighted by molar-refractivity contribution is 5.39. The molecule has 2 heteroatoms. The molecule has 106 valence electrons. The number of rotatable bonds is 8. The van der Waals surface area contributed by atoms with E-state index in [2.05, 4.69) is 32.0 Å². The Balaban J connectivity index is 2.09. The first-order valence-electron chi connectivity index (χ1n) is 7.70. The van der Waals surface area contributed by atoms with E-state index in [1.165, 1.54) is 24.0 Å². The standard InChI is InChI=1S/C17H27NO/c1-3-13(2)16-11-14(5-4-10-18)8-9-17(16)19-12-15-6-7-15/h8-9,11,13,15H,3-7,10,12,18H2,1-2H3. The van der Waals surface area contributed by atoms with Crippen molar-refractivity contribution in [2.45, 2.75) is 51.9 Å². The molecule has 0 saturated heterocycles. The predicted molar refractivity (Wildman–Crippen MR) is 80.7 cm³/mol. The van der Waals surface area contributed by atoms with Crippen LogP contribution in [-0.4, -0.2) is 13.2 Å². The highest BCUT2D eigenvalue weighted by Gasteiger charge is 2.22. The third-order valence-corrected chi connectivity index (χ3v) is 4.06. The Hall–Kier alpha value is -1.02. The molecule has 1 aromatic rings. The third-order valence-electron chi connectivity index (χ3n) is 4.06. The lowest BCUT2D eigenvalue weighted by Crippen LogP contribution is -2.05. The number of benzene rings is 1. The minimum atomic E-state index is 0.562. The minimum absolute atomic E-state index is 0.562. The van der Waals surface area contributed by atoms with Crippen LogP contribution in [0.25, 0.3) is 0 Å². The summed E-state index contributed by atoms with van der Waals surface area (Å²) in [5.74, 6) is 2.46. The second-order valence-electron chi connectivity index (χ2n) is 5.83. The molecule has 0 radical (unpaired) electrons. The van der Waals surface area contributed by atoms with Crippen molar-refractivity contribution in [1.82, 2.24) is 0 Å². The van der Waals surface area contributed by atoms with Crippen LogP contribution in [0, 0.1) is 5.92 Å². The zero-order valence-corrected chi connectivity index (χ0v) is 12.3. The first kappa shape index (κ1) is 14.4. The van der Waals surface area contributed by atoms with E-state index >= 15 is 0 Å². The van der Waals surface area contributed by atoms with Gasteiger partial charge in [0.2, 0.25) is 0 Å². The smallest absolute Gasteiger partial charge is 0.122 e. The Morgan fingerprint density at radius 2 is 2.16 bits per heavy atom. The molecule has 1 saturated carbocycles. The molecule has 1 aromatic carbocycles. The van der Waals surface area contributed by atoms with Crippen molar-refractivity contribution in [3.63, 3.8) is 0 Å². The molecule has 0 amide bonds. The van der Waals surface area contributed by atoms with Crippen molar-refractivity contribution < 1.29 is 4.74 Å². The van der Waals surface area contributed by atoms with Gasteiger partial charge in [0.15, 0.2) is 0 Å². The fourth-order valence-electron chi connectivity index (χ4n) is 2.29. The monoisotopic (exact) mass is 261 g/mol. The molecule has 1 aliphatic carbocycles. The first-order valence-corrected chi connectivity index (χ1v) is 7.70. The van der Waals surface area contributed by atoms with E-state index in [4.69, 9.17) is 10.5 Å². The summed E-state index contributed by atoms with van der Waals surface area (Å²) in [5, 5.41) is 0. The van der Waals surface area contributed by atoms with Gasteiger partial charge in [0, 0.05) is 0 Å². The molecule has 19 heavy (non-hydrogen) atoms. The normalized spacial score (nSPS) is 16.4. The van der Waals surface area contributed by atoms with Crippen LogP contribution in [0.15, 0.2) is 18.2 Å². The second-order valence-corrected chi connectivity index (χ2v) is 5.83. The van der Waals surface area contributed by atoms with E-state index in [0.717, 1.165) is 44.1 Å². The minimum Gasteiger partial charge on any atom is -0.493 e. The maximum atomic E-state index is 6.02. The zero-order valence-electron chi connectivity index (χ0n) is 12.3. The fraction of sp³-hybridized carbons (Fsp3) is 0.647. The van der Waals surface area contributed by atoms with Crippen molar-refractivity contribution >= 4 is 0 Å². The van der Waals surface area contributed by atoms with Gasteiger partial charge >= 0.3 is 0 Å². The predicted octanol–water partition coefficient (Wildman–Crippen LogP) is 3.88. The maximum Gasteiger partial charge on any atom is 0.122 e. The van der Waals surface area contributed by atoms with Crippen molar-refractivity contribution in [2.75, 3.05) is 13.2 Å². The van der Waals surface area contributed by atoms with Crippen LogP contribution in [0.4, 0.5) is 0 Å². The summed E-state index contributed by atoms with van der Waals surface area (Å²) in [5.41, 5.74) is 8.35. The van der Waals surface area contributed by atoms with E-state index in [1.807, 2.05) is 0 Å². The van der Waals surface area contributed by atoms with Gasteiger partial charge in [-0.05, 0) is 67.7 Å². The molecule has 2 rings (SSSR count). The first-order chi connectivity index (χ1) is 9.24. The van der Waals surface area contributed by atoms with E-state index in [1.54, 1.807) is 0 Å². The number of hydrogen-bond acceptors (Lipinski definition) is 2. The molecule has 2 nitrogen and oxygen atoms in total. The SMILES string of the molecule is CCC(C)c1cc(CCCN)ccc1OCC1CC1. The Morgan fingerprint density at radius 1 is 1.37 bits per heavy atom. The molecule has 0 heterocycles. The van der Waals surface area contributed by atoms with Crippen LogP contribution < -0.4 is 10.5 Å². The topological polar surface area (TPSA) is 35.2 Å². The summed E-state index contributed by atoms with van der Waals surface area (Å²) < 4.78 is 6.02. The van der Waals surface area contributed by atoms with Crippen LogP contribution in [-0.2, 0) is 6.42 Å². The van der Waals surface area contributed by atoms with Crippen LogP contribution in [0.5, 0.6) is 5.75 Å². The highest BCUT2D eigenvalue weighted by atomic mass is 16.5. The quantitative estimate of drug-likeness (QED) is 0.770. The van der Waals surface area contributed by atoms with E-state index < -0.39 is 0 Å². The molecular weight excluding hydrogens is 234 g/mol. The fourth-order valence-corrected chi connectivity index (χ4v) is 2.29. The van der Waals surface area contributed by atoms with Crippen LogP contribution in [0.1, 0.15) is 56.6 Å². The van der Waals surface area contributed by atoms with Gasteiger partial charge in [0.05, 0.1) is 6.61 Å².